The lowest BCUT2D eigenvalue weighted by molar-refractivity contribution is -0.137. The summed E-state index contributed by atoms with van der Waals surface area (Å²) in [7, 11) is 1.91. The van der Waals surface area contributed by atoms with Crippen LogP contribution in [0.1, 0.15) is 40.0 Å². The van der Waals surface area contributed by atoms with Gasteiger partial charge < -0.3 is 14.7 Å². The Morgan fingerprint density at radius 3 is 2.33 bits per heavy atom. The molecule has 6 nitrogen and oxygen atoms in total. The average molecular weight is 335 g/mol. The van der Waals surface area contributed by atoms with Crippen LogP contribution in [0.2, 0.25) is 0 Å². The van der Waals surface area contributed by atoms with Crippen LogP contribution < -0.4 is 0 Å². The maximum atomic E-state index is 12.7. The number of amides is 3. The molecule has 0 aliphatic carbocycles. The van der Waals surface area contributed by atoms with Gasteiger partial charge in [0.05, 0.1) is 11.5 Å². The molecule has 24 heavy (non-hydrogen) atoms. The zero-order valence-electron chi connectivity index (χ0n) is 15.2. The largest absolute Gasteiger partial charge is 0.343 e. The Hall–Kier alpha value is -1.59. The Morgan fingerprint density at radius 2 is 1.79 bits per heavy atom. The van der Waals surface area contributed by atoms with Gasteiger partial charge in [-0.25, -0.2) is 0 Å². The molecule has 134 valence electrons. The summed E-state index contributed by atoms with van der Waals surface area (Å²) in [5.74, 6) is 0.968. The standard InChI is InChI=1S/C18H29N3O3/c1-12(2)9-16(23)20-7-5-18(6-8-20)15-11-21(13(3)22)10-14(15)17(24)19(18)4/h12,14-15H,5-11H2,1-4H3/t14-,15+/m1/s1. The fourth-order valence-electron chi connectivity index (χ4n) is 4.90. The molecule has 3 amide bonds. The number of carbonyl (C=O) groups excluding carboxylic acids is 3. The lowest BCUT2D eigenvalue weighted by atomic mass is 9.75. The van der Waals surface area contributed by atoms with E-state index in [1.54, 1.807) is 6.92 Å². The van der Waals surface area contributed by atoms with Gasteiger partial charge in [0.15, 0.2) is 0 Å². The summed E-state index contributed by atoms with van der Waals surface area (Å²) in [6, 6.07) is 0. The summed E-state index contributed by atoms with van der Waals surface area (Å²) in [6.07, 6.45) is 2.24. The molecule has 3 aliphatic rings. The van der Waals surface area contributed by atoms with Crippen molar-refractivity contribution in [3.05, 3.63) is 0 Å². The highest BCUT2D eigenvalue weighted by atomic mass is 16.2. The first-order valence-electron chi connectivity index (χ1n) is 9.07. The van der Waals surface area contributed by atoms with Crippen molar-refractivity contribution in [1.82, 2.24) is 14.7 Å². The third-order valence-corrected chi connectivity index (χ3v) is 6.34. The fraction of sp³-hybridized carbons (Fsp3) is 0.833. The van der Waals surface area contributed by atoms with Gasteiger partial charge >= 0.3 is 0 Å². The molecule has 0 N–H and O–H groups in total. The average Bonchev–Trinajstić information content (AvgIpc) is 3.04. The minimum absolute atomic E-state index is 0.0551. The first kappa shape index (κ1) is 17.2. The summed E-state index contributed by atoms with van der Waals surface area (Å²) in [4.78, 5) is 42.4. The normalized spacial score (nSPS) is 28.9. The molecular weight excluding hydrogens is 306 g/mol. The number of hydrogen-bond donors (Lipinski definition) is 0. The Bertz CT molecular complexity index is 552. The van der Waals surface area contributed by atoms with E-state index in [0.29, 0.717) is 38.5 Å². The predicted molar refractivity (Wildman–Crippen MR) is 90.0 cm³/mol. The van der Waals surface area contributed by atoms with E-state index in [9.17, 15) is 14.4 Å². The minimum Gasteiger partial charge on any atom is -0.343 e. The van der Waals surface area contributed by atoms with Crippen molar-refractivity contribution < 1.29 is 14.4 Å². The molecule has 0 unspecified atom stereocenters. The van der Waals surface area contributed by atoms with Gasteiger partial charge in [-0.2, -0.15) is 0 Å². The van der Waals surface area contributed by atoms with Crippen molar-refractivity contribution in [3.8, 4) is 0 Å². The van der Waals surface area contributed by atoms with Crippen LogP contribution in [0.15, 0.2) is 0 Å². The molecule has 6 heteroatoms. The second kappa shape index (κ2) is 6.05. The Morgan fingerprint density at radius 1 is 1.17 bits per heavy atom. The van der Waals surface area contributed by atoms with Crippen molar-refractivity contribution in [2.24, 2.45) is 17.8 Å². The molecule has 0 aromatic rings. The van der Waals surface area contributed by atoms with Crippen molar-refractivity contribution >= 4 is 17.7 Å². The topological polar surface area (TPSA) is 60.9 Å². The summed E-state index contributed by atoms with van der Waals surface area (Å²) < 4.78 is 0. The molecule has 0 bridgehead atoms. The highest BCUT2D eigenvalue weighted by Crippen LogP contribution is 2.48. The van der Waals surface area contributed by atoms with E-state index in [1.807, 2.05) is 21.7 Å². The molecule has 3 saturated heterocycles. The monoisotopic (exact) mass is 335 g/mol. The molecule has 0 aromatic carbocycles. The Kier molecular flexibility index (Phi) is 4.34. The van der Waals surface area contributed by atoms with Gasteiger partial charge in [0.2, 0.25) is 17.7 Å². The third kappa shape index (κ3) is 2.60. The van der Waals surface area contributed by atoms with Gasteiger partial charge in [-0.05, 0) is 18.8 Å². The lowest BCUT2D eigenvalue weighted by Crippen LogP contribution is -2.56. The Labute approximate surface area is 144 Å². The molecule has 3 aliphatic heterocycles. The molecule has 0 aromatic heterocycles. The Balaban J connectivity index is 1.73. The van der Waals surface area contributed by atoms with E-state index in [-0.39, 0.29) is 35.1 Å². The number of piperidine rings is 1. The quantitative estimate of drug-likeness (QED) is 0.755. The summed E-state index contributed by atoms with van der Waals surface area (Å²) in [5.41, 5.74) is -0.180. The molecule has 3 rings (SSSR count). The lowest BCUT2D eigenvalue weighted by Gasteiger charge is -2.46. The first-order chi connectivity index (χ1) is 11.3. The van der Waals surface area contributed by atoms with Gasteiger partial charge in [0.1, 0.15) is 0 Å². The van der Waals surface area contributed by atoms with Crippen LogP contribution in [0.4, 0.5) is 0 Å². The van der Waals surface area contributed by atoms with Crippen molar-refractivity contribution in [2.75, 3.05) is 33.2 Å². The van der Waals surface area contributed by atoms with Crippen LogP contribution in [-0.4, -0.2) is 71.2 Å². The number of nitrogens with zero attached hydrogens (tertiary/aromatic N) is 3. The third-order valence-electron chi connectivity index (χ3n) is 6.34. The number of rotatable bonds is 2. The maximum Gasteiger partial charge on any atom is 0.228 e. The maximum absolute atomic E-state index is 12.7. The second-order valence-electron chi connectivity index (χ2n) is 8.12. The zero-order valence-corrected chi connectivity index (χ0v) is 15.2. The number of carbonyl (C=O) groups is 3. The van der Waals surface area contributed by atoms with Gasteiger partial charge in [-0.3, -0.25) is 14.4 Å². The predicted octanol–water partition coefficient (Wildman–Crippen LogP) is 0.960. The summed E-state index contributed by atoms with van der Waals surface area (Å²) in [6.45, 7) is 8.36. The SMILES string of the molecule is CC(=O)N1C[C@H]2C(=O)N(C)C3(CCN(C(=O)CC(C)C)CC3)[C@H]2C1. The van der Waals surface area contributed by atoms with Crippen molar-refractivity contribution in [1.29, 1.82) is 0 Å². The molecule has 0 radical (unpaired) electrons. The van der Waals surface area contributed by atoms with E-state index in [1.165, 1.54) is 0 Å². The van der Waals surface area contributed by atoms with E-state index in [0.717, 1.165) is 12.8 Å². The van der Waals surface area contributed by atoms with E-state index in [4.69, 9.17) is 0 Å². The number of hydrogen-bond acceptors (Lipinski definition) is 3. The molecule has 1 spiro atoms. The fourth-order valence-corrected chi connectivity index (χ4v) is 4.90. The second-order valence-corrected chi connectivity index (χ2v) is 8.12. The van der Waals surface area contributed by atoms with E-state index >= 15 is 0 Å². The minimum atomic E-state index is -0.180. The van der Waals surface area contributed by atoms with Crippen molar-refractivity contribution in [2.45, 2.75) is 45.6 Å². The van der Waals surface area contributed by atoms with Gasteiger partial charge in [0.25, 0.3) is 0 Å². The zero-order chi connectivity index (χ0) is 17.6. The van der Waals surface area contributed by atoms with Crippen LogP contribution in [0, 0.1) is 17.8 Å². The van der Waals surface area contributed by atoms with Crippen LogP contribution in [0.5, 0.6) is 0 Å². The van der Waals surface area contributed by atoms with Crippen LogP contribution in [0.25, 0.3) is 0 Å². The number of fused-ring (bicyclic) bond motifs is 2. The van der Waals surface area contributed by atoms with Crippen LogP contribution in [-0.2, 0) is 14.4 Å². The highest BCUT2D eigenvalue weighted by molar-refractivity contribution is 5.85. The van der Waals surface area contributed by atoms with Crippen molar-refractivity contribution in [3.63, 3.8) is 0 Å². The summed E-state index contributed by atoms with van der Waals surface area (Å²) >= 11 is 0. The number of likely N-dealkylation sites (tertiary alicyclic amines) is 3. The molecule has 3 fully saturated rings. The summed E-state index contributed by atoms with van der Waals surface area (Å²) in [5, 5.41) is 0. The van der Waals surface area contributed by atoms with E-state index in [2.05, 4.69) is 13.8 Å². The van der Waals surface area contributed by atoms with Crippen LogP contribution in [0.3, 0.4) is 0 Å². The molecule has 2 atom stereocenters. The molecule has 3 heterocycles. The van der Waals surface area contributed by atoms with E-state index < -0.39 is 0 Å². The van der Waals surface area contributed by atoms with Gasteiger partial charge in [-0.1, -0.05) is 13.8 Å². The van der Waals surface area contributed by atoms with Gasteiger partial charge in [-0.15, -0.1) is 0 Å². The molecule has 0 saturated carbocycles. The van der Waals surface area contributed by atoms with Crippen LogP contribution >= 0.6 is 0 Å². The first-order valence-corrected chi connectivity index (χ1v) is 9.07. The highest BCUT2D eigenvalue weighted by Gasteiger charge is 2.60. The molecular formula is C18H29N3O3. The van der Waals surface area contributed by atoms with Gasteiger partial charge in [0, 0.05) is 52.5 Å². The smallest absolute Gasteiger partial charge is 0.228 e.